The molecule has 0 atom stereocenters. The second-order valence-electron chi connectivity index (χ2n) is 4.97. The molecule has 1 aliphatic rings. The van der Waals surface area contributed by atoms with Gasteiger partial charge in [0, 0.05) is 31.8 Å². The van der Waals surface area contributed by atoms with Crippen molar-refractivity contribution in [3.8, 4) is 0 Å². The van der Waals surface area contributed by atoms with Gasteiger partial charge in [-0.15, -0.1) is 0 Å². The summed E-state index contributed by atoms with van der Waals surface area (Å²) in [5, 5.41) is 12.0. The number of fused-ring (bicyclic) bond motifs is 1. The van der Waals surface area contributed by atoms with Crippen molar-refractivity contribution in [2.75, 3.05) is 25.1 Å². The van der Waals surface area contributed by atoms with E-state index >= 15 is 0 Å². The van der Waals surface area contributed by atoms with Gasteiger partial charge in [-0.25, -0.2) is 0 Å². The van der Waals surface area contributed by atoms with E-state index < -0.39 is 0 Å². The van der Waals surface area contributed by atoms with E-state index in [0.29, 0.717) is 13.0 Å². The summed E-state index contributed by atoms with van der Waals surface area (Å²) >= 11 is 0. The maximum absolute atomic E-state index is 12.0. The number of carbonyl (C=O) groups is 1. The first-order valence-electron chi connectivity index (χ1n) is 6.94. The van der Waals surface area contributed by atoms with E-state index in [1.165, 1.54) is 11.1 Å². The fourth-order valence-corrected chi connectivity index (χ4v) is 2.55. The minimum absolute atomic E-state index is 0.190. The lowest BCUT2D eigenvalue weighted by molar-refractivity contribution is -0.118. The van der Waals surface area contributed by atoms with Crippen LogP contribution < -0.4 is 10.2 Å². The van der Waals surface area contributed by atoms with Crippen LogP contribution in [0.15, 0.2) is 18.2 Å². The molecule has 4 nitrogen and oxygen atoms in total. The summed E-state index contributed by atoms with van der Waals surface area (Å²) in [5.41, 5.74) is 3.57. The third-order valence-corrected chi connectivity index (χ3v) is 3.51. The van der Waals surface area contributed by atoms with Gasteiger partial charge in [-0.2, -0.15) is 0 Å². The number of carbonyl (C=O) groups excluding carboxylic acids is 1. The van der Waals surface area contributed by atoms with Gasteiger partial charge in [-0.1, -0.05) is 12.1 Å². The van der Waals surface area contributed by atoms with Gasteiger partial charge in [0.2, 0.25) is 5.91 Å². The van der Waals surface area contributed by atoms with Gasteiger partial charge in [-0.3, -0.25) is 4.79 Å². The van der Waals surface area contributed by atoms with Crippen LogP contribution in [-0.4, -0.2) is 31.2 Å². The van der Waals surface area contributed by atoms with Crippen molar-refractivity contribution >= 4 is 11.6 Å². The third kappa shape index (κ3) is 3.33. The molecule has 0 fully saturated rings. The van der Waals surface area contributed by atoms with Crippen LogP contribution in [-0.2, 0) is 17.8 Å². The number of hydrogen-bond acceptors (Lipinski definition) is 3. The minimum atomic E-state index is 0.190. The molecule has 1 aromatic carbocycles. The lowest BCUT2D eigenvalue weighted by atomic mass is 9.98. The summed E-state index contributed by atoms with van der Waals surface area (Å²) < 4.78 is 0. The number of unbranched alkanes of at least 4 members (excludes halogenated alkanes) is 1. The topological polar surface area (TPSA) is 52.6 Å². The van der Waals surface area contributed by atoms with Gasteiger partial charge in [-0.05, 0) is 43.5 Å². The van der Waals surface area contributed by atoms with Gasteiger partial charge in [0.25, 0.3) is 0 Å². The molecule has 0 unspecified atom stereocenters. The number of benzene rings is 1. The molecule has 104 valence electrons. The molecular formula is C15H22N2O2. The lowest BCUT2D eigenvalue weighted by Gasteiger charge is -2.30. The minimum Gasteiger partial charge on any atom is -0.396 e. The quantitative estimate of drug-likeness (QED) is 0.763. The second kappa shape index (κ2) is 6.68. The molecular weight excluding hydrogens is 240 g/mol. The molecule has 1 aliphatic heterocycles. The average molecular weight is 262 g/mol. The predicted molar refractivity (Wildman–Crippen MR) is 76.2 cm³/mol. The Labute approximate surface area is 114 Å². The summed E-state index contributed by atoms with van der Waals surface area (Å²) in [7, 11) is 1.93. The second-order valence-corrected chi connectivity index (χ2v) is 4.97. The number of aliphatic hydroxyl groups excluding tert-OH is 1. The van der Waals surface area contributed by atoms with E-state index in [0.717, 1.165) is 31.5 Å². The van der Waals surface area contributed by atoms with Crippen LogP contribution in [0.2, 0.25) is 0 Å². The highest BCUT2D eigenvalue weighted by molar-refractivity contribution is 5.96. The van der Waals surface area contributed by atoms with Crippen LogP contribution in [0.3, 0.4) is 0 Å². The number of nitrogens with one attached hydrogen (secondary N) is 1. The number of aliphatic hydroxyl groups is 1. The first kappa shape index (κ1) is 14.0. The van der Waals surface area contributed by atoms with Gasteiger partial charge in [0.05, 0.1) is 0 Å². The van der Waals surface area contributed by atoms with Crippen LogP contribution in [0.4, 0.5) is 5.69 Å². The predicted octanol–water partition coefficient (Wildman–Crippen LogP) is 1.46. The Bertz CT molecular complexity index is 446. The summed E-state index contributed by atoms with van der Waals surface area (Å²) in [6.07, 6.45) is 3.02. The highest BCUT2D eigenvalue weighted by Crippen LogP contribution is 2.29. The van der Waals surface area contributed by atoms with E-state index in [4.69, 9.17) is 5.11 Å². The van der Waals surface area contributed by atoms with Crippen LogP contribution in [0.5, 0.6) is 0 Å². The Balaban J connectivity index is 2.16. The summed E-state index contributed by atoms with van der Waals surface area (Å²) in [4.78, 5) is 13.9. The van der Waals surface area contributed by atoms with Gasteiger partial charge in [0.15, 0.2) is 0 Å². The molecule has 0 radical (unpaired) electrons. The summed E-state index contributed by atoms with van der Waals surface area (Å²) in [6.45, 7) is 1.75. The molecule has 2 N–H and O–H groups in total. The van der Waals surface area contributed by atoms with Crippen molar-refractivity contribution in [2.24, 2.45) is 0 Å². The van der Waals surface area contributed by atoms with Crippen molar-refractivity contribution in [1.82, 2.24) is 5.32 Å². The Hall–Kier alpha value is -1.39. The maximum atomic E-state index is 12.0. The first-order chi connectivity index (χ1) is 9.26. The summed E-state index contributed by atoms with van der Waals surface area (Å²) in [6, 6.07) is 6.32. The Kier molecular flexibility index (Phi) is 4.93. The van der Waals surface area contributed by atoms with Crippen molar-refractivity contribution in [3.63, 3.8) is 0 Å². The smallest absolute Gasteiger partial charge is 0.227 e. The molecule has 4 heteroatoms. The number of hydrogen-bond donors (Lipinski definition) is 2. The normalized spacial score (nSPS) is 14.6. The van der Waals surface area contributed by atoms with Crippen LogP contribution in [0.1, 0.15) is 30.4 Å². The average Bonchev–Trinajstić information content (AvgIpc) is 2.42. The molecule has 1 amide bonds. The Morgan fingerprint density at radius 1 is 1.32 bits per heavy atom. The van der Waals surface area contributed by atoms with Crippen molar-refractivity contribution in [2.45, 2.75) is 32.2 Å². The zero-order valence-electron chi connectivity index (χ0n) is 11.5. The van der Waals surface area contributed by atoms with Crippen LogP contribution in [0, 0.1) is 0 Å². The van der Waals surface area contributed by atoms with Crippen molar-refractivity contribution < 1.29 is 9.90 Å². The van der Waals surface area contributed by atoms with Gasteiger partial charge >= 0.3 is 0 Å². The number of amides is 1. The molecule has 0 aromatic heterocycles. The van der Waals surface area contributed by atoms with E-state index in [1.54, 1.807) is 0 Å². The zero-order chi connectivity index (χ0) is 13.7. The maximum Gasteiger partial charge on any atom is 0.227 e. The van der Waals surface area contributed by atoms with E-state index in [1.807, 2.05) is 11.9 Å². The Morgan fingerprint density at radius 2 is 2.16 bits per heavy atom. The Morgan fingerprint density at radius 3 is 2.89 bits per heavy atom. The molecule has 0 aliphatic carbocycles. The zero-order valence-corrected chi connectivity index (χ0v) is 11.5. The number of anilines is 1. The fraction of sp³-hybridized carbons (Fsp3) is 0.533. The standard InChI is InChI=1S/C15H22N2O2/c1-16-11-12-4-6-14-13(10-12)5-7-15(19)17(14)8-2-3-9-18/h4,6,10,16,18H,2-3,5,7-9,11H2,1H3. The van der Waals surface area contributed by atoms with Crippen molar-refractivity contribution in [3.05, 3.63) is 29.3 Å². The van der Waals surface area contributed by atoms with E-state index in [2.05, 4.69) is 23.5 Å². The summed E-state index contributed by atoms with van der Waals surface area (Å²) in [5.74, 6) is 0.201. The molecule has 0 spiro atoms. The molecule has 0 saturated heterocycles. The number of aryl methyl sites for hydroxylation is 1. The van der Waals surface area contributed by atoms with Crippen LogP contribution in [0.25, 0.3) is 0 Å². The van der Waals surface area contributed by atoms with E-state index in [-0.39, 0.29) is 12.5 Å². The molecule has 0 saturated carbocycles. The van der Waals surface area contributed by atoms with Crippen LogP contribution >= 0.6 is 0 Å². The lowest BCUT2D eigenvalue weighted by Crippen LogP contribution is -2.36. The molecule has 1 aromatic rings. The van der Waals surface area contributed by atoms with Gasteiger partial charge < -0.3 is 15.3 Å². The third-order valence-electron chi connectivity index (χ3n) is 3.51. The largest absolute Gasteiger partial charge is 0.396 e. The highest BCUT2D eigenvalue weighted by atomic mass is 16.3. The SMILES string of the molecule is CNCc1ccc2c(c1)CCC(=O)N2CCCCO. The van der Waals surface area contributed by atoms with Gasteiger partial charge in [0.1, 0.15) is 0 Å². The number of rotatable bonds is 6. The van der Waals surface area contributed by atoms with E-state index in [9.17, 15) is 4.79 Å². The molecule has 0 bridgehead atoms. The highest BCUT2D eigenvalue weighted by Gasteiger charge is 2.23. The molecule has 2 rings (SSSR count). The monoisotopic (exact) mass is 262 g/mol. The van der Waals surface area contributed by atoms with Crippen molar-refractivity contribution in [1.29, 1.82) is 0 Å². The molecule has 19 heavy (non-hydrogen) atoms. The fourth-order valence-electron chi connectivity index (χ4n) is 2.55. The first-order valence-corrected chi connectivity index (χ1v) is 6.94. The molecule has 1 heterocycles. The number of nitrogens with zero attached hydrogens (tertiary/aromatic N) is 1.